The lowest BCUT2D eigenvalue weighted by Crippen LogP contribution is -1.98. The molecule has 0 aliphatic carbocycles. The van der Waals surface area contributed by atoms with E-state index in [1.54, 1.807) is 0 Å². The molecule has 3 nitrogen and oxygen atoms in total. The summed E-state index contributed by atoms with van der Waals surface area (Å²) in [6, 6.07) is 62.3. The van der Waals surface area contributed by atoms with Crippen molar-refractivity contribution in [1.82, 2.24) is 4.98 Å². The highest BCUT2D eigenvalue weighted by atomic mass is 16.5. The lowest BCUT2D eigenvalue weighted by atomic mass is 9.89. The largest absolute Gasteiger partial charge is 0.456 e. The van der Waals surface area contributed by atoms with Crippen LogP contribution in [-0.2, 0) is 0 Å². The summed E-state index contributed by atoms with van der Waals surface area (Å²) in [5.74, 6) is 1.54. The standard InChI is InChI=1S/C50H28N2O/c51-29-30-12-21-41-43-9-4-8-42-40(22-23-46(50(42)43)53-47(41)24-30)32-15-13-31(14-16-32)38-25-34-17-19-36-27-39(28-37-20-18-35(26-38)48(34)49(36)37)45-11-5-10-44(52-45)33-6-2-1-3-7-33/h1-28H. The maximum atomic E-state index is 9.42. The first-order chi connectivity index (χ1) is 26.2. The first-order valence-electron chi connectivity index (χ1n) is 17.8. The molecule has 2 heterocycles. The van der Waals surface area contributed by atoms with Gasteiger partial charge < -0.3 is 4.74 Å². The van der Waals surface area contributed by atoms with E-state index in [1.807, 2.05) is 24.3 Å². The fourth-order valence-electron chi connectivity index (χ4n) is 8.31. The highest BCUT2D eigenvalue weighted by molar-refractivity contribution is 6.24. The molecular formula is C50H28N2O. The molecule has 1 aliphatic rings. The summed E-state index contributed by atoms with van der Waals surface area (Å²) in [5, 5.41) is 19.2. The van der Waals surface area contributed by atoms with Crippen molar-refractivity contribution in [3.05, 3.63) is 175 Å². The Morgan fingerprint density at radius 2 is 1.02 bits per heavy atom. The molecule has 53 heavy (non-hydrogen) atoms. The maximum Gasteiger partial charge on any atom is 0.136 e. The van der Waals surface area contributed by atoms with Crippen LogP contribution in [0.2, 0.25) is 0 Å². The molecule has 0 amide bonds. The molecule has 0 saturated heterocycles. The summed E-state index contributed by atoms with van der Waals surface area (Å²) >= 11 is 0. The van der Waals surface area contributed by atoms with Crippen molar-refractivity contribution in [2.75, 3.05) is 0 Å². The lowest BCUT2D eigenvalue weighted by Gasteiger charge is -2.22. The van der Waals surface area contributed by atoms with Gasteiger partial charge in [0.15, 0.2) is 0 Å². The van der Waals surface area contributed by atoms with E-state index in [2.05, 4.69) is 152 Å². The number of aromatic nitrogens is 1. The average Bonchev–Trinajstić information content (AvgIpc) is 3.23. The van der Waals surface area contributed by atoms with E-state index in [0.29, 0.717) is 5.56 Å². The maximum absolute atomic E-state index is 9.42. The Bertz CT molecular complexity index is 3070. The van der Waals surface area contributed by atoms with Crippen LogP contribution < -0.4 is 4.74 Å². The van der Waals surface area contributed by atoms with Crippen LogP contribution in [0.1, 0.15) is 5.56 Å². The van der Waals surface area contributed by atoms with E-state index in [-0.39, 0.29) is 0 Å². The van der Waals surface area contributed by atoms with Crippen molar-refractivity contribution in [1.29, 1.82) is 5.26 Å². The molecule has 0 radical (unpaired) electrons. The van der Waals surface area contributed by atoms with Gasteiger partial charge in [-0.2, -0.15) is 5.26 Å². The number of nitrogens with zero attached hydrogens (tertiary/aromatic N) is 2. The Kier molecular flexibility index (Phi) is 6.32. The molecule has 0 unspecified atom stereocenters. The number of hydrogen-bond donors (Lipinski definition) is 0. The molecule has 1 aromatic heterocycles. The molecule has 1 aliphatic heterocycles. The van der Waals surface area contributed by atoms with Gasteiger partial charge in [0.05, 0.1) is 23.0 Å². The van der Waals surface area contributed by atoms with Gasteiger partial charge in [0.1, 0.15) is 11.5 Å². The second-order valence-electron chi connectivity index (χ2n) is 13.8. The number of rotatable bonds is 4. The first-order valence-corrected chi connectivity index (χ1v) is 17.8. The van der Waals surface area contributed by atoms with Crippen LogP contribution >= 0.6 is 0 Å². The minimum absolute atomic E-state index is 0.592. The van der Waals surface area contributed by atoms with Crippen LogP contribution in [0.25, 0.3) is 99.0 Å². The first kappa shape index (κ1) is 29.5. The zero-order valence-corrected chi connectivity index (χ0v) is 28.5. The van der Waals surface area contributed by atoms with Crippen molar-refractivity contribution in [2.24, 2.45) is 0 Å². The zero-order chi connectivity index (χ0) is 35.0. The highest BCUT2D eigenvalue weighted by Gasteiger charge is 2.22. The van der Waals surface area contributed by atoms with E-state index in [4.69, 9.17) is 9.72 Å². The third-order valence-corrected chi connectivity index (χ3v) is 10.8. The van der Waals surface area contributed by atoms with Crippen molar-refractivity contribution < 1.29 is 4.74 Å². The second kappa shape index (κ2) is 11.4. The van der Waals surface area contributed by atoms with Crippen LogP contribution in [0.4, 0.5) is 0 Å². The average molecular weight is 673 g/mol. The predicted molar refractivity (Wildman–Crippen MR) is 217 cm³/mol. The smallest absolute Gasteiger partial charge is 0.136 e. The molecule has 0 fully saturated rings. The third kappa shape index (κ3) is 4.63. The summed E-state index contributed by atoms with van der Waals surface area (Å²) in [6.07, 6.45) is 0. The fraction of sp³-hybridized carbons (Fsp3) is 0. The molecule has 9 aromatic carbocycles. The molecular weight excluding hydrogens is 645 g/mol. The van der Waals surface area contributed by atoms with Crippen molar-refractivity contribution in [3.8, 4) is 73.5 Å². The summed E-state index contributed by atoms with van der Waals surface area (Å²) in [7, 11) is 0. The van der Waals surface area contributed by atoms with E-state index in [0.717, 1.165) is 67.0 Å². The summed E-state index contributed by atoms with van der Waals surface area (Å²) in [6.45, 7) is 0. The predicted octanol–water partition coefficient (Wildman–Crippen LogP) is 13.4. The monoisotopic (exact) mass is 672 g/mol. The Morgan fingerprint density at radius 3 is 1.72 bits per heavy atom. The Hall–Kier alpha value is -7.28. The minimum atomic E-state index is 0.592. The van der Waals surface area contributed by atoms with Crippen LogP contribution in [0.5, 0.6) is 11.5 Å². The van der Waals surface area contributed by atoms with Crippen molar-refractivity contribution >= 4 is 43.1 Å². The van der Waals surface area contributed by atoms with E-state index in [1.165, 1.54) is 43.4 Å². The van der Waals surface area contributed by atoms with Gasteiger partial charge in [-0.25, -0.2) is 4.98 Å². The number of fused-ring (bicyclic) bond motifs is 2. The van der Waals surface area contributed by atoms with Gasteiger partial charge in [-0.3, -0.25) is 0 Å². The Balaban J connectivity index is 0.956. The fourth-order valence-corrected chi connectivity index (χ4v) is 8.31. The minimum Gasteiger partial charge on any atom is -0.456 e. The number of benzene rings is 9. The molecule has 244 valence electrons. The quantitative estimate of drug-likeness (QED) is 0.175. The van der Waals surface area contributed by atoms with E-state index in [9.17, 15) is 5.26 Å². The van der Waals surface area contributed by atoms with Crippen molar-refractivity contribution in [2.45, 2.75) is 0 Å². The van der Waals surface area contributed by atoms with Gasteiger partial charge in [-0.05, 0) is 126 Å². The van der Waals surface area contributed by atoms with E-state index >= 15 is 0 Å². The molecule has 0 spiro atoms. The van der Waals surface area contributed by atoms with Gasteiger partial charge in [-0.15, -0.1) is 0 Å². The highest BCUT2D eigenvalue weighted by Crippen LogP contribution is 2.49. The van der Waals surface area contributed by atoms with Gasteiger partial charge in [0.2, 0.25) is 0 Å². The summed E-state index contributed by atoms with van der Waals surface area (Å²) in [5.41, 5.74) is 11.6. The van der Waals surface area contributed by atoms with Crippen LogP contribution in [0.3, 0.4) is 0 Å². The number of pyridine rings is 1. The molecule has 0 atom stereocenters. The lowest BCUT2D eigenvalue weighted by molar-refractivity contribution is 0.487. The summed E-state index contributed by atoms with van der Waals surface area (Å²) < 4.78 is 6.33. The van der Waals surface area contributed by atoms with Crippen LogP contribution in [0, 0.1) is 11.3 Å². The molecule has 0 N–H and O–H groups in total. The summed E-state index contributed by atoms with van der Waals surface area (Å²) in [4.78, 5) is 5.05. The topological polar surface area (TPSA) is 45.9 Å². The second-order valence-corrected chi connectivity index (χ2v) is 13.8. The number of nitriles is 1. The van der Waals surface area contributed by atoms with Gasteiger partial charge in [-0.1, -0.05) is 109 Å². The van der Waals surface area contributed by atoms with Gasteiger partial charge in [0.25, 0.3) is 0 Å². The Labute approximate surface area is 306 Å². The molecule has 0 bridgehead atoms. The third-order valence-electron chi connectivity index (χ3n) is 10.8. The molecule has 0 saturated carbocycles. The SMILES string of the molecule is N#Cc1ccc2c(c1)Oc1ccc(-c3ccc(-c4cc5ccc6cc(-c7cccc(-c8ccccc8)n7)cc7ccc(c4)c5c67)cc3)c3cccc-2c13. The van der Waals surface area contributed by atoms with Crippen molar-refractivity contribution in [3.63, 3.8) is 0 Å². The molecule has 10 aromatic rings. The van der Waals surface area contributed by atoms with Gasteiger partial charge in [0, 0.05) is 22.1 Å². The number of ether oxygens (including phenoxy) is 1. The number of hydrogen-bond acceptors (Lipinski definition) is 3. The molecule has 3 heteroatoms. The van der Waals surface area contributed by atoms with Crippen LogP contribution in [-0.4, -0.2) is 4.98 Å². The van der Waals surface area contributed by atoms with Crippen LogP contribution in [0.15, 0.2) is 170 Å². The molecule has 11 rings (SSSR count). The van der Waals surface area contributed by atoms with E-state index < -0.39 is 0 Å². The zero-order valence-electron chi connectivity index (χ0n) is 28.5. The van der Waals surface area contributed by atoms with Gasteiger partial charge >= 0.3 is 0 Å². The normalized spacial score (nSPS) is 11.9. The Morgan fingerprint density at radius 1 is 0.396 bits per heavy atom.